The third kappa shape index (κ3) is 4.13. The highest BCUT2D eigenvalue weighted by molar-refractivity contribution is 7.11. The van der Waals surface area contributed by atoms with E-state index < -0.39 is 0 Å². The summed E-state index contributed by atoms with van der Waals surface area (Å²) in [7, 11) is 0. The van der Waals surface area contributed by atoms with Crippen molar-refractivity contribution in [2.75, 3.05) is 13.2 Å². The Morgan fingerprint density at radius 2 is 2.10 bits per heavy atom. The minimum atomic E-state index is 0.230. The lowest BCUT2D eigenvalue weighted by molar-refractivity contribution is 0.273. The van der Waals surface area contributed by atoms with Gasteiger partial charge in [0.25, 0.3) is 0 Å². The number of aromatic nitrogens is 1. The normalized spacial score (nSPS) is 16.0. The molecule has 3 rings (SSSR count). The highest BCUT2D eigenvalue weighted by atomic mass is 32.1. The van der Waals surface area contributed by atoms with Crippen LogP contribution in [-0.4, -0.2) is 23.2 Å². The van der Waals surface area contributed by atoms with Gasteiger partial charge in [-0.05, 0) is 30.7 Å². The molecular formula is C17H22N2OS. The van der Waals surface area contributed by atoms with Crippen molar-refractivity contribution in [3.63, 3.8) is 0 Å². The molecule has 1 fully saturated rings. The third-order valence-electron chi connectivity index (χ3n) is 3.94. The zero-order valence-electron chi connectivity index (χ0n) is 12.2. The van der Waals surface area contributed by atoms with Gasteiger partial charge in [0.2, 0.25) is 0 Å². The van der Waals surface area contributed by atoms with Crippen LogP contribution in [-0.2, 0) is 6.54 Å². The van der Waals surface area contributed by atoms with Crippen LogP contribution >= 0.6 is 11.3 Å². The molecular weight excluding hydrogens is 280 g/mol. The molecule has 4 heteroatoms. The van der Waals surface area contributed by atoms with E-state index in [9.17, 15) is 5.11 Å². The molecule has 1 saturated carbocycles. The molecule has 0 saturated heterocycles. The smallest absolute Gasteiger partial charge is 0.0959 e. The molecule has 1 aliphatic rings. The van der Waals surface area contributed by atoms with Crippen LogP contribution in [0.2, 0.25) is 0 Å². The molecule has 3 nitrogen and oxygen atoms in total. The lowest BCUT2D eigenvalue weighted by Crippen LogP contribution is -2.21. The number of benzene rings is 1. The molecule has 0 spiro atoms. The van der Waals surface area contributed by atoms with Crippen molar-refractivity contribution in [2.24, 2.45) is 0 Å². The van der Waals surface area contributed by atoms with Gasteiger partial charge in [-0.15, -0.1) is 11.3 Å². The van der Waals surface area contributed by atoms with Gasteiger partial charge in [-0.3, -0.25) is 0 Å². The maximum Gasteiger partial charge on any atom is 0.0959 e. The second-order valence-electron chi connectivity index (χ2n) is 5.69. The van der Waals surface area contributed by atoms with Crippen molar-refractivity contribution >= 4 is 11.3 Å². The van der Waals surface area contributed by atoms with Gasteiger partial charge in [-0.25, -0.2) is 4.98 Å². The van der Waals surface area contributed by atoms with Gasteiger partial charge < -0.3 is 10.4 Å². The van der Waals surface area contributed by atoms with E-state index in [1.807, 2.05) is 23.6 Å². The van der Waals surface area contributed by atoms with Crippen LogP contribution in [0.4, 0.5) is 0 Å². The topological polar surface area (TPSA) is 45.1 Å². The van der Waals surface area contributed by atoms with E-state index in [-0.39, 0.29) is 6.61 Å². The van der Waals surface area contributed by atoms with Gasteiger partial charge in [0, 0.05) is 36.7 Å². The Kier molecular flexibility index (Phi) is 5.01. The summed E-state index contributed by atoms with van der Waals surface area (Å²) in [6.07, 6.45) is 5.43. The lowest BCUT2D eigenvalue weighted by atomic mass is 9.96. The highest BCUT2D eigenvalue weighted by Crippen LogP contribution is 2.41. The summed E-state index contributed by atoms with van der Waals surface area (Å²) in [6.45, 7) is 1.99. The molecule has 0 bridgehead atoms. The Bertz CT molecular complexity index is 551. The van der Waals surface area contributed by atoms with Crippen LogP contribution in [0.5, 0.6) is 0 Å². The fourth-order valence-corrected chi connectivity index (χ4v) is 3.62. The van der Waals surface area contributed by atoms with Gasteiger partial charge in [0.1, 0.15) is 0 Å². The molecule has 0 amide bonds. The lowest BCUT2D eigenvalue weighted by Gasteiger charge is -2.16. The van der Waals surface area contributed by atoms with Crippen LogP contribution in [0.15, 0.2) is 36.5 Å². The van der Waals surface area contributed by atoms with Crippen LogP contribution in [0, 0.1) is 0 Å². The molecule has 1 atom stereocenters. The maximum absolute atomic E-state index is 9.25. The molecule has 21 heavy (non-hydrogen) atoms. The molecule has 0 radical (unpaired) electrons. The number of hydrogen-bond acceptors (Lipinski definition) is 4. The van der Waals surface area contributed by atoms with Gasteiger partial charge >= 0.3 is 0 Å². The number of hydrogen-bond donors (Lipinski definition) is 2. The number of nitrogens with one attached hydrogen (secondary N) is 1. The molecule has 1 aromatic heterocycles. The first kappa shape index (κ1) is 14.7. The van der Waals surface area contributed by atoms with E-state index in [4.69, 9.17) is 0 Å². The summed E-state index contributed by atoms with van der Waals surface area (Å²) in [5, 5.41) is 14.1. The van der Waals surface area contributed by atoms with E-state index in [1.54, 1.807) is 0 Å². The Morgan fingerprint density at radius 1 is 1.29 bits per heavy atom. The van der Waals surface area contributed by atoms with Gasteiger partial charge in [-0.1, -0.05) is 30.3 Å². The van der Waals surface area contributed by atoms with E-state index >= 15 is 0 Å². The summed E-state index contributed by atoms with van der Waals surface area (Å²) in [5.41, 5.74) is 1.29. The molecule has 2 N–H and O–H groups in total. The highest BCUT2D eigenvalue weighted by Gasteiger charge is 2.26. The first-order valence-electron chi connectivity index (χ1n) is 7.68. The van der Waals surface area contributed by atoms with E-state index in [0.29, 0.717) is 5.92 Å². The Morgan fingerprint density at radius 3 is 2.81 bits per heavy atom. The molecule has 1 unspecified atom stereocenters. The largest absolute Gasteiger partial charge is 0.396 e. The number of nitrogens with zero attached hydrogens (tertiary/aromatic N) is 1. The molecule has 1 aliphatic carbocycles. The average molecular weight is 302 g/mol. The second-order valence-corrected chi connectivity index (χ2v) is 6.84. The van der Waals surface area contributed by atoms with Crippen LogP contribution in [0.25, 0.3) is 0 Å². The number of rotatable bonds is 8. The Labute approximate surface area is 130 Å². The molecule has 2 aromatic rings. The van der Waals surface area contributed by atoms with Gasteiger partial charge in [0.15, 0.2) is 0 Å². The number of aliphatic hydroxyl groups excluding tert-OH is 1. The minimum Gasteiger partial charge on any atom is -0.396 e. The minimum absolute atomic E-state index is 0.230. The summed E-state index contributed by atoms with van der Waals surface area (Å²) in [5.74, 6) is 1.11. The third-order valence-corrected chi connectivity index (χ3v) is 5.10. The van der Waals surface area contributed by atoms with Crippen molar-refractivity contribution in [3.8, 4) is 0 Å². The zero-order chi connectivity index (χ0) is 14.5. The molecule has 1 aromatic carbocycles. The van der Waals surface area contributed by atoms with E-state index in [2.05, 4.69) is 34.6 Å². The maximum atomic E-state index is 9.25. The standard InChI is InChI=1S/C17H22N2OS/c20-9-8-15(13-4-2-1-3-5-13)10-18-11-16-12-19-17(21-16)14-6-7-14/h1-5,12,14-15,18,20H,6-11H2. The number of aliphatic hydroxyl groups is 1. The predicted molar refractivity (Wildman–Crippen MR) is 86.7 cm³/mol. The van der Waals surface area contributed by atoms with Crippen molar-refractivity contribution < 1.29 is 5.11 Å². The van der Waals surface area contributed by atoms with Crippen molar-refractivity contribution in [1.82, 2.24) is 10.3 Å². The van der Waals surface area contributed by atoms with Crippen LogP contribution in [0.1, 0.15) is 46.5 Å². The molecule has 112 valence electrons. The summed E-state index contributed by atoms with van der Waals surface area (Å²) >= 11 is 1.84. The summed E-state index contributed by atoms with van der Waals surface area (Å²) in [6, 6.07) is 10.4. The van der Waals surface area contributed by atoms with Gasteiger partial charge in [0.05, 0.1) is 5.01 Å². The van der Waals surface area contributed by atoms with Crippen LogP contribution < -0.4 is 5.32 Å². The van der Waals surface area contributed by atoms with Crippen LogP contribution in [0.3, 0.4) is 0 Å². The summed E-state index contributed by atoms with van der Waals surface area (Å²) in [4.78, 5) is 5.82. The van der Waals surface area contributed by atoms with E-state index in [0.717, 1.165) is 25.4 Å². The van der Waals surface area contributed by atoms with Crippen molar-refractivity contribution in [2.45, 2.75) is 37.6 Å². The number of thiazole rings is 1. The monoisotopic (exact) mass is 302 g/mol. The quantitative estimate of drug-likeness (QED) is 0.786. The van der Waals surface area contributed by atoms with Crippen molar-refractivity contribution in [3.05, 3.63) is 52.0 Å². The first-order valence-corrected chi connectivity index (χ1v) is 8.49. The van der Waals surface area contributed by atoms with E-state index in [1.165, 1.54) is 28.3 Å². The Hall–Kier alpha value is -1.23. The first-order chi connectivity index (χ1) is 10.4. The second kappa shape index (κ2) is 7.16. The predicted octanol–water partition coefficient (Wildman–Crippen LogP) is 3.28. The Balaban J connectivity index is 1.51. The van der Waals surface area contributed by atoms with Crippen molar-refractivity contribution in [1.29, 1.82) is 0 Å². The SMILES string of the molecule is OCCC(CNCc1cnc(C2CC2)s1)c1ccccc1. The molecule has 1 heterocycles. The fraction of sp³-hybridized carbons (Fsp3) is 0.471. The zero-order valence-corrected chi connectivity index (χ0v) is 13.0. The summed E-state index contributed by atoms with van der Waals surface area (Å²) < 4.78 is 0. The average Bonchev–Trinajstić information content (AvgIpc) is 3.27. The molecule has 0 aliphatic heterocycles. The fourth-order valence-electron chi connectivity index (χ4n) is 2.56. The van der Waals surface area contributed by atoms with Gasteiger partial charge in [-0.2, -0.15) is 0 Å².